The molecule has 1 aromatic rings. The highest BCUT2D eigenvalue weighted by Gasteiger charge is 2.04. The van der Waals surface area contributed by atoms with Gasteiger partial charge in [0.15, 0.2) is 0 Å². The molecule has 6 heteroatoms. The molecular formula is C10H16O5S. The van der Waals surface area contributed by atoms with Gasteiger partial charge in [-0.05, 0) is 26.0 Å². The van der Waals surface area contributed by atoms with Crippen molar-refractivity contribution in [1.82, 2.24) is 0 Å². The van der Waals surface area contributed by atoms with Gasteiger partial charge in [0.05, 0.1) is 0 Å². The Hall–Kier alpha value is -1.11. The molecule has 0 saturated carbocycles. The minimum atomic E-state index is -4.38. The Morgan fingerprint density at radius 2 is 1.62 bits per heavy atom. The van der Waals surface area contributed by atoms with E-state index >= 15 is 0 Å². The standard InChI is InChI=1S/C6H6O4S.C4H10O/c7-11(8,9)10-6-4-2-1-3-5-6;1-3-5-4-2/h1-5H,(H,7,8,9);3-4H2,1-2H3. The number of rotatable bonds is 4. The van der Waals surface area contributed by atoms with Crippen LogP contribution in [0.2, 0.25) is 0 Å². The van der Waals surface area contributed by atoms with Crippen LogP contribution in [0.4, 0.5) is 0 Å². The summed E-state index contributed by atoms with van der Waals surface area (Å²) in [5.41, 5.74) is 0. The van der Waals surface area contributed by atoms with Gasteiger partial charge in [0.1, 0.15) is 5.75 Å². The van der Waals surface area contributed by atoms with Crippen molar-refractivity contribution < 1.29 is 21.9 Å². The van der Waals surface area contributed by atoms with Gasteiger partial charge in [-0.3, -0.25) is 4.55 Å². The van der Waals surface area contributed by atoms with Crippen molar-refractivity contribution >= 4 is 10.4 Å². The van der Waals surface area contributed by atoms with E-state index in [1.807, 2.05) is 13.8 Å². The molecule has 0 aliphatic rings. The zero-order chi connectivity index (χ0) is 12.4. The number of benzene rings is 1. The van der Waals surface area contributed by atoms with E-state index in [1.165, 1.54) is 12.1 Å². The molecule has 1 aromatic carbocycles. The fraction of sp³-hybridized carbons (Fsp3) is 0.400. The van der Waals surface area contributed by atoms with Crippen LogP contribution in [0.1, 0.15) is 13.8 Å². The molecule has 0 heterocycles. The van der Waals surface area contributed by atoms with E-state index < -0.39 is 10.4 Å². The van der Waals surface area contributed by atoms with E-state index in [2.05, 4.69) is 4.18 Å². The summed E-state index contributed by atoms with van der Waals surface area (Å²) in [5, 5.41) is 0. The quantitative estimate of drug-likeness (QED) is 0.824. The van der Waals surface area contributed by atoms with Gasteiger partial charge >= 0.3 is 10.4 Å². The molecule has 0 fully saturated rings. The highest BCUT2D eigenvalue weighted by atomic mass is 32.3. The Bertz CT molecular complexity index is 358. The maximum Gasteiger partial charge on any atom is 0.446 e. The number of hydrogen-bond acceptors (Lipinski definition) is 4. The van der Waals surface area contributed by atoms with E-state index in [-0.39, 0.29) is 5.75 Å². The smallest absolute Gasteiger partial charge is 0.382 e. The summed E-state index contributed by atoms with van der Waals surface area (Å²) in [7, 11) is -4.38. The topological polar surface area (TPSA) is 72.8 Å². The Kier molecular flexibility index (Phi) is 7.53. The molecule has 0 bridgehead atoms. The summed E-state index contributed by atoms with van der Waals surface area (Å²) in [4.78, 5) is 0. The average Bonchev–Trinajstić information content (AvgIpc) is 2.19. The molecule has 16 heavy (non-hydrogen) atoms. The molecule has 0 aliphatic heterocycles. The fourth-order valence-electron chi connectivity index (χ4n) is 0.802. The summed E-state index contributed by atoms with van der Waals surface area (Å²) >= 11 is 0. The van der Waals surface area contributed by atoms with E-state index in [1.54, 1.807) is 18.2 Å². The third-order valence-corrected chi connectivity index (χ3v) is 1.76. The molecule has 0 atom stereocenters. The molecule has 1 rings (SSSR count). The van der Waals surface area contributed by atoms with Crippen LogP contribution in [0.15, 0.2) is 30.3 Å². The lowest BCUT2D eigenvalue weighted by molar-refractivity contribution is 0.162. The van der Waals surface area contributed by atoms with Crippen molar-refractivity contribution in [3.63, 3.8) is 0 Å². The normalized spacial score (nSPS) is 10.2. The van der Waals surface area contributed by atoms with Crippen molar-refractivity contribution in [2.24, 2.45) is 0 Å². The Morgan fingerprint density at radius 3 is 1.94 bits per heavy atom. The Labute approximate surface area is 96.0 Å². The highest BCUT2D eigenvalue weighted by Crippen LogP contribution is 2.09. The first-order chi connectivity index (χ1) is 7.49. The molecule has 0 aromatic heterocycles. The van der Waals surface area contributed by atoms with Gasteiger partial charge in [-0.1, -0.05) is 18.2 Å². The van der Waals surface area contributed by atoms with Crippen molar-refractivity contribution in [2.45, 2.75) is 13.8 Å². The van der Waals surface area contributed by atoms with Gasteiger partial charge in [-0.15, -0.1) is 0 Å². The zero-order valence-corrected chi connectivity index (χ0v) is 10.1. The summed E-state index contributed by atoms with van der Waals surface area (Å²) in [6, 6.07) is 7.75. The molecule has 0 radical (unpaired) electrons. The van der Waals surface area contributed by atoms with Crippen LogP contribution in [-0.4, -0.2) is 26.2 Å². The monoisotopic (exact) mass is 248 g/mol. The number of para-hydroxylation sites is 1. The van der Waals surface area contributed by atoms with Crippen molar-refractivity contribution in [2.75, 3.05) is 13.2 Å². The van der Waals surface area contributed by atoms with Crippen LogP contribution in [0.25, 0.3) is 0 Å². The van der Waals surface area contributed by atoms with Crippen LogP contribution < -0.4 is 4.18 Å². The molecular weight excluding hydrogens is 232 g/mol. The van der Waals surface area contributed by atoms with Crippen molar-refractivity contribution in [3.8, 4) is 5.75 Å². The zero-order valence-electron chi connectivity index (χ0n) is 9.29. The molecule has 0 unspecified atom stereocenters. The first-order valence-corrected chi connectivity index (χ1v) is 6.15. The average molecular weight is 248 g/mol. The van der Waals surface area contributed by atoms with Gasteiger partial charge in [-0.25, -0.2) is 0 Å². The van der Waals surface area contributed by atoms with Crippen LogP contribution in [0.3, 0.4) is 0 Å². The van der Waals surface area contributed by atoms with Gasteiger partial charge in [-0.2, -0.15) is 8.42 Å². The first kappa shape index (κ1) is 14.9. The maximum absolute atomic E-state index is 10.1. The predicted octanol–water partition coefficient (Wildman–Crippen LogP) is 1.91. The first-order valence-electron chi connectivity index (χ1n) is 4.79. The second-order valence-electron chi connectivity index (χ2n) is 2.61. The number of ether oxygens (including phenoxy) is 1. The lowest BCUT2D eigenvalue weighted by Crippen LogP contribution is -2.06. The minimum Gasteiger partial charge on any atom is -0.382 e. The van der Waals surface area contributed by atoms with E-state index in [0.29, 0.717) is 0 Å². The van der Waals surface area contributed by atoms with Crippen LogP contribution >= 0.6 is 0 Å². The third kappa shape index (κ3) is 9.45. The van der Waals surface area contributed by atoms with E-state index in [9.17, 15) is 8.42 Å². The summed E-state index contributed by atoms with van der Waals surface area (Å²) in [6.45, 7) is 5.67. The lowest BCUT2D eigenvalue weighted by atomic mass is 10.3. The third-order valence-electron chi connectivity index (χ3n) is 1.35. The summed E-state index contributed by atoms with van der Waals surface area (Å²) in [5.74, 6) is 0.0926. The number of hydrogen-bond donors (Lipinski definition) is 1. The van der Waals surface area contributed by atoms with Gasteiger partial charge in [0, 0.05) is 13.2 Å². The second kappa shape index (κ2) is 8.09. The summed E-state index contributed by atoms with van der Waals surface area (Å²) < 4.78 is 37.5. The highest BCUT2D eigenvalue weighted by molar-refractivity contribution is 7.81. The second-order valence-corrected chi connectivity index (χ2v) is 3.63. The molecule has 1 N–H and O–H groups in total. The van der Waals surface area contributed by atoms with E-state index in [0.717, 1.165) is 13.2 Å². The molecule has 0 aliphatic carbocycles. The van der Waals surface area contributed by atoms with Crippen molar-refractivity contribution in [1.29, 1.82) is 0 Å². The fourth-order valence-corrected chi connectivity index (χ4v) is 1.16. The van der Waals surface area contributed by atoms with Crippen molar-refractivity contribution in [3.05, 3.63) is 30.3 Å². The molecule has 92 valence electrons. The van der Waals surface area contributed by atoms with Gasteiger partial charge in [0.25, 0.3) is 0 Å². The Balaban J connectivity index is 0.000000385. The largest absolute Gasteiger partial charge is 0.446 e. The molecule has 0 saturated heterocycles. The maximum atomic E-state index is 10.1. The van der Waals surface area contributed by atoms with Gasteiger partial charge < -0.3 is 8.92 Å². The molecule has 5 nitrogen and oxygen atoms in total. The van der Waals surface area contributed by atoms with E-state index in [4.69, 9.17) is 9.29 Å². The summed E-state index contributed by atoms with van der Waals surface area (Å²) in [6.07, 6.45) is 0. The Morgan fingerprint density at radius 1 is 1.12 bits per heavy atom. The molecule has 0 spiro atoms. The van der Waals surface area contributed by atoms with Gasteiger partial charge in [0.2, 0.25) is 0 Å². The minimum absolute atomic E-state index is 0.0926. The molecule has 0 amide bonds. The SMILES string of the molecule is CCOCC.O=S(=O)(O)Oc1ccccc1. The predicted molar refractivity (Wildman–Crippen MR) is 60.8 cm³/mol. The van der Waals surface area contributed by atoms with Crippen LogP contribution in [0.5, 0.6) is 5.75 Å². The lowest BCUT2D eigenvalue weighted by Gasteiger charge is -1.98. The van der Waals surface area contributed by atoms with Crippen LogP contribution in [0, 0.1) is 0 Å². The van der Waals surface area contributed by atoms with Crippen LogP contribution in [-0.2, 0) is 15.1 Å².